The van der Waals surface area contributed by atoms with E-state index in [2.05, 4.69) is 101 Å². The molecule has 0 radical (unpaired) electrons. The second-order valence-corrected chi connectivity index (χ2v) is 12.2. The van der Waals surface area contributed by atoms with Gasteiger partial charge >= 0.3 is 0 Å². The molecular formula is C39H24N4S. The van der Waals surface area contributed by atoms with Crippen molar-refractivity contribution in [1.29, 1.82) is 10.5 Å². The number of hydrogen-bond donors (Lipinski definition) is 0. The minimum atomic E-state index is -0.0950. The maximum atomic E-state index is 10.6. The summed E-state index contributed by atoms with van der Waals surface area (Å²) in [7, 11) is 0. The van der Waals surface area contributed by atoms with E-state index in [9.17, 15) is 10.5 Å². The van der Waals surface area contributed by atoms with Gasteiger partial charge in [0.2, 0.25) is 0 Å². The molecule has 5 aromatic carbocycles. The molecule has 0 fully saturated rings. The Balaban J connectivity index is 1.42. The van der Waals surface area contributed by atoms with Crippen molar-refractivity contribution in [3.8, 4) is 30.2 Å². The molecule has 5 heteroatoms. The highest BCUT2D eigenvalue weighted by molar-refractivity contribution is 7.26. The van der Waals surface area contributed by atoms with Crippen molar-refractivity contribution in [1.82, 2.24) is 4.57 Å². The van der Waals surface area contributed by atoms with Crippen molar-refractivity contribution < 1.29 is 0 Å². The number of nitriles is 2. The first kappa shape index (κ1) is 25.9. The van der Waals surface area contributed by atoms with Gasteiger partial charge in [0.05, 0.1) is 39.6 Å². The van der Waals surface area contributed by atoms with Gasteiger partial charge in [-0.25, -0.2) is 0 Å². The first-order valence-electron chi connectivity index (χ1n) is 14.5. The SMILES string of the molecule is C#C/C=C\C1C(C)c2ccccc2N1c1cc(C#N)c(-n2c3ccccc3c3c4sc5ccccc5c4ccc32)cc1C#N. The second kappa shape index (κ2) is 9.89. The average molecular weight is 581 g/mol. The van der Waals surface area contributed by atoms with Gasteiger partial charge < -0.3 is 9.47 Å². The third-order valence-corrected chi connectivity index (χ3v) is 10.1. The van der Waals surface area contributed by atoms with Crippen LogP contribution in [-0.4, -0.2) is 10.6 Å². The molecule has 206 valence electrons. The molecule has 4 nitrogen and oxygen atoms in total. The predicted octanol–water partition coefficient (Wildman–Crippen LogP) is 9.71. The number of anilines is 2. The second-order valence-electron chi connectivity index (χ2n) is 11.1. The topological polar surface area (TPSA) is 55.8 Å². The van der Waals surface area contributed by atoms with Crippen molar-refractivity contribution in [2.45, 2.75) is 18.9 Å². The highest BCUT2D eigenvalue weighted by Gasteiger charge is 2.36. The van der Waals surface area contributed by atoms with Crippen molar-refractivity contribution >= 4 is 64.7 Å². The molecule has 8 rings (SSSR count). The summed E-state index contributed by atoms with van der Waals surface area (Å²) in [6.45, 7) is 2.17. The van der Waals surface area contributed by atoms with E-state index in [1.54, 1.807) is 17.4 Å². The number of nitrogens with zero attached hydrogens (tertiary/aromatic N) is 4. The van der Waals surface area contributed by atoms with Crippen LogP contribution in [0.4, 0.5) is 11.4 Å². The molecule has 44 heavy (non-hydrogen) atoms. The van der Waals surface area contributed by atoms with Crippen LogP contribution in [0.3, 0.4) is 0 Å². The number of thiophene rings is 1. The Kier molecular flexibility index (Phi) is 5.82. The van der Waals surface area contributed by atoms with Gasteiger partial charge in [0, 0.05) is 42.6 Å². The quantitative estimate of drug-likeness (QED) is 0.196. The molecular weight excluding hydrogens is 557 g/mol. The standard InChI is InChI=1S/C39H24N4S/c1-3-4-14-31-24(2)27-11-5-8-15-32(27)42(31)35-20-26(23-41)36(21-25(35)22-40)43-33-16-9-6-13-30(33)38-34(43)19-18-29-28-12-7-10-17-37(28)44-39(29)38/h1,4-21,24,31H,2H3/b14-4-. The third-order valence-electron chi connectivity index (χ3n) is 8.92. The van der Waals surface area contributed by atoms with Gasteiger partial charge in [0.15, 0.2) is 0 Å². The van der Waals surface area contributed by atoms with Crippen LogP contribution in [0.2, 0.25) is 0 Å². The zero-order chi connectivity index (χ0) is 29.9. The lowest BCUT2D eigenvalue weighted by molar-refractivity contribution is 0.696. The summed E-state index contributed by atoms with van der Waals surface area (Å²) in [5, 5.41) is 25.9. The molecule has 1 aliphatic heterocycles. The summed E-state index contributed by atoms with van der Waals surface area (Å²) in [6, 6.07) is 38.0. The van der Waals surface area contributed by atoms with Crippen molar-refractivity contribution in [3.63, 3.8) is 0 Å². The molecule has 0 saturated carbocycles. The van der Waals surface area contributed by atoms with E-state index in [4.69, 9.17) is 6.42 Å². The van der Waals surface area contributed by atoms with Crippen LogP contribution < -0.4 is 4.90 Å². The molecule has 2 aromatic heterocycles. The zero-order valence-electron chi connectivity index (χ0n) is 23.8. The molecule has 7 aromatic rings. The highest BCUT2D eigenvalue weighted by Crippen LogP contribution is 2.48. The van der Waals surface area contributed by atoms with E-state index < -0.39 is 0 Å². The van der Waals surface area contributed by atoms with Gasteiger partial charge in [0.1, 0.15) is 12.1 Å². The summed E-state index contributed by atoms with van der Waals surface area (Å²) in [4.78, 5) is 2.16. The van der Waals surface area contributed by atoms with E-state index >= 15 is 0 Å². The van der Waals surface area contributed by atoms with Crippen molar-refractivity contribution in [3.05, 3.63) is 126 Å². The Hall–Kier alpha value is -5.80. The fraction of sp³-hybridized carbons (Fsp3) is 0.0769. The highest BCUT2D eigenvalue weighted by atomic mass is 32.1. The van der Waals surface area contributed by atoms with Crippen LogP contribution in [0.15, 0.2) is 109 Å². The molecule has 0 spiro atoms. The Labute approximate surface area is 258 Å². The molecule has 0 bridgehead atoms. The molecule has 1 aliphatic rings. The summed E-state index contributed by atoms with van der Waals surface area (Å²) < 4.78 is 4.61. The lowest BCUT2D eigenvalue weighted by Crippen LogP contribution is -2.28. The van der Waals surface area contributed by atoms with Crippen LogP contribution >= 0.6 is 11.3 Å². The van der Waals surface area contributed by atoms with E-state index in [1.807, 2.05) is 36.4 Å². The van der Waals surface area contributed by atoms with Gasteiger partial charge in [-0.05, 0) is 48.0 Å². The number of terminal acetylenes is 1. The van der Waals surface area contributed by atoms with Crippen molar-refractivity contribution in [2.75, 3.05) is 4.90 Å². The van der Waals surface area contributed by atoms with Crippen LogP contribution in [0.25, 0.3) is 47.7 Å². The normalized spacial score (nSPS) is 16.1. The summed E-state index contributed by atoms with van der Waals surface area (Å²) in [5.41, 5.74) is 6.58. The van der Waals surface area contributed by atoms with Gasteiger partial charge in [-0.3, -0.25) is 0 Å². The lowest BCUT2D eigenvalue weighted by atomic mass is 9.96. The largest absolute Gasteiger partial charge is 0.332 e. The van der Waals surface area contributed by atoms with Crippen LogP contribution in [0.5, 0.6) is 0 Å². The number of fused-ring (bicyclic) bond motifs is 8. The Morgan fingerprint density at radius 1 is 0.750 bits per heavy atom. The van der Waals surface area contributed by atoms with E-state index in [-0.39, 0.29) is 12.0 Å². The van der Waals surface area contributed by atoms with Gasteiger partial charge in [-0.15, -0.1) is 17.8 Å². The minimum Gasteiger partial charge on any atom is -0.332 e. The third kappa shape index (κ3) is 3.56. The fourth-order valence-corrected chi connectivity index (χ4v) is 8.25. The summed E-state index contributed by atoms with van der Waals surface area (Å²) in [6.07, 6.45) is 9.34. The number of rotatable bonds is 3. The Bertz CT molecular complexity index is 2470. The average Bonchev–Trinajstić information content (AvgIpc) is 3.70. The zero-order valence-corrected chi connectivity index (χ0v) is 24.6. The summed E-state index contributed by atoms with van der Waals surface area (Å²) >= 11 is 1.79. The number of hydrogen-bond acceptors (Lipinski definition) is 4. The Morgan fingerprint density at radius 3 is 2.27 bits per heavy atom. The van der Waals surface area contributed by atoms with E-state index in [0.29, 0.717) is 22.5 Å². The smallest absolute Gasteiger partial charge is 0.101 e. The summed E-state index contributed by atoms with van der Waals surface area (Å²) in [5.74, 6) is 2.77. The molecule has 0 N–H and O–H groups in total. The maximum absolute atomic E-state index is 10.6. The molecule has 0 aliphatic carbocycles. The first-order chi connectivity index (χ1) is 21.6. The predicted molar refractivity (Wildman–Crippen MR) is 182 cm³/mol. The maximum Gasteiger partial charge on any atom is 0.101 e. The number of benzene rings is 5. The van der Waals surface area contributed by atoms with Crippen LogP contribution in [-0.2, 0) is 0 Å². The van der Waals surface area contributed by atoms with E-state index in [1.165, 1.54) is 25.7 Å². The minimum absolute atomic E-state index is 0.0950. The monoisotopic (exact) mass is 580 g/mol. The lowest BCUT2D eigenvalue weighted by Gasteiger charge is -2.29. The number of allylic oxidation sites excluding steroid dienone is 1. The van der Waals surface area contributed by atoms with Crippen molar-refractivity contribution in [2.24, 2.45) is 0 Å². The van der Waals surface area contributed by atoms with Crippen LogP contribution in [0, 0.1) is 35.0 Å². The van der Waals surface area contributed by atoms with Gasteiger partial charge in [-0.1, -0.05) is 79.6 Å². The molecule has 0 saturated heterocycles. The molecule has 2 unspecified atom stereocenters. The van der Waals surface area contributed by atoms with Gasteiger partial charge in [-0.2, -0.15) is 10.5 Å². The number of para-hydroxylation sites is 2. The molecule has 2 atom stereocenters. The fourth-order valence-electron chi connectivity index (χ4n) is 6.99. The van der Waals surface area contributed by atoms with Gasteiger partial charge in [0.25, 0.3) is 0 Å². The molecule has 3 heterocycles. The number of aromatic nitrogens is 1. The molecule has 0 amide bonds. The first-order valence-corrected chi connectivity index (χ1v) is 15.3. The van der Waals surface area contributed by atoms with E-state index in [0.717, 1.165) is 27.5 Å². The Morgan fingerprint density at radius 2 is 1.45 bits per heavy atom. The van der Waals surface area contributed by atoms with Crippen LogP contribution in [0.1, 0.15) is 29.5 Å².